The number of benzene rings is 1. The molecule has 0 radical (unpaired) electrons. The Balaban J connectivity index is 2.17. The molecule has 0 bridgehead atoms. The predicted molar refractivity (Wildman–Crippen MR) is 91.4 cm³/mol. The van der Waals surface area contributed by atoms with E-state index in [1.165, 1.54) is 6.92 Å². The summed E-state index contributed by atoms with van der Waals surface area (Å²) in [4.78, 5) is 37.6. The molecular weight excluding hydrogens is 322 g/mol. The van der Waals surface area contributed by atoms with Gasteiger partial charge in [-0.15, -0.1) is 0 Å². The zero-order chi connectivity index (χ0) is 18.6. The lowest BCUT2D eigenvalue weighted by Gasteiger charge is -2.28. The van der Waals surface area contributed by atoms with E-state index in [9.17, 15) is 14.4 Å². The van der Waals surface area contributed by atoms with Crippen molar-refractivity contribution < 1.29 is 23.9 Å². The highest BCUT2D eigenvalue weighted by Gasteiger charge is 2.43. The molecule has 1 aliphatic heterocycles. The van der Waals surface area contributed by atoms with Gasteiger partial charge in [-0.1, -0.05) is 30.3 Å². The maximum Gasteiger partial charge on any atom is 0.308 e. The van der Waals surface area contributed by atoms with Crippen LogP contribution in [0.3, 0.4) is 0 Å². The number of amides is 1. The minimum Gasteiger partial charge on any atom is -0.460 e. The molecule has 0 aromatic heterocycles. The number of carbonyl (C=O) groups is 3. The number of nitrogens with zero attached hydrogens (tertiary/aromatic N) is 1. The number of carbonyl (C=O) groups excluding carboxylic acids is 3. The molecule has 6 heteroatoms. The average molecular weight is 347 g/mol. The van der Waals surface area contributed by atoms with E-state index in [2.05, 4.69) is 0 Å². The van der Waals surface area contributed by atoms with Gasteiger partial charge in [0.1, 0.15) is 11.7 Å². The standard InChI is InChI=1S/C19H25NO5/c1-13(21)24-16-11-17(22)20(12-14-8-6-5-7-9-14)15(16)10-18(23)25-19(2,3)4/h5-9,15-16H,10-12H2,1-4H3/t15?,16-/m0/s1. The fourth-order valence-electron chi connectivity index (χ4n) is 2.93. The van der Waals surface area contributed by atoms with Crippen LogP contribution in [0.25, 0.3) is 0 Å². The number of ether oxygens (including phenoxy) is 2. The van der Waals surface area contributed by atoms with Crippen LogP contribution in [0.15, 0.2) is 30.3 Å². The average Bonchev–Trinajstić information content (AvgIpc) is 2.74. The van der Waals surface area contributed by atoms with Gasteiger partial charge in [-0.25, -0.2) is 0 Å². The molecule has 2 atom stereocenters. The van der Waals surface area contributed by atoms with Crippen LogP contribution in [-0.2, 0) is 30.4 Å². The molecule has 1 saturated heterocycles. The number of hydrogen-bond donors (Lipinski definition) is 0. The third-order valence-corrected chi connectivity index (χ3v) is 3.83. The molecule has 2 rings (SSSR count). The van der Waals surface area contributed by atoms with Gasteiger partial charge in [-0.3, -0.25) is 14.4 Å². The van der Waals surface area contributed by atoms with Gasteiger partial charge in [0.2, 0.25) is 5.91 Å². The Labute approximate surface area is 148 Å². The molecule has 0 spiro atoms. The molecule has 1 aromatic carbocycles. The molecule has 1 aliphatic rings. The largest absolute Gasteiger partial charge is 0.460 e. The molecule has 136 valence electrons. The Hall–Kier alpha value is -2.37. The molecule has 0 aliphatic carbocycles. The lowest BCUT2D eigenvalue weighted by molar-refractivity contribution is -0.160. The van der Waals surface area contributed by atoms with Crippen LogP contribution in [-0.4, -0.2) is 40.5 Å². The van der Waals surface area contributed by atoms with E-state index in [1.807, 2.05) is 30.3 Å². The summed E-state index contributed by atoms with van der Waals surface area (Å²) in [6, 6.07) is 8.99. The monoisotopic (exact) mass is 347 g/mol. The second kappa shape index (κ2) is 7.68. The third-order valence-electron chi connectivity index (χ3n) is 3.83. The van der Waals surface area contributed by atoms with Crippen LogP contribution in [0, 0.1) is 0 Å². The van der Waals surface area contributed by atoms with Gasteiger partial charge in [0.15, 0.2) is 0 Å². The summed E-state index contributed by atoms with van der Waals surface area (Å²) in [6.07, 6.45) is -0.561. The van der Waals surface area contributed by atoms with Crippen molar-refractivity contribution in [3.63, 3.8) is 0 Å². The predicted octanol–water partition coefficient (Wildman–Crippen LogP) is 2.45. The SMILES string of the molecule is CC(=O)O[C@H]1CC(=O)N(Cc2ccccc2)C1CC(=O)OC(C)(C)C. The molecule has 1 aromatic rings. The van der Waals surface area contributed by atoms with Crippen LogP contribution in [0.1, 0.15) is 46.1 Å². The van der Waals surface area contributed by atoms with Crippen molar-refractivity contribution in [1.29, 1.82) is 0 Å². The molecule has 6 nitrogen and oxygen atoms in total. The van der Waals surface area contributed by atoms with Gasteiger partial charge in [0.05, 0.1) is 18.9 Å². The van der Waals surface area contributed by atoms with Gasteiger partial charge in [0.25, 0.3) is 0 Å². The first-order valence-corrected chi connectivity index (χ1v) is 8.38. The van der Waals surface area contributed by atoms with E-state index in [0.717, 1.165) is 5.56 Å². The Bertz CT molecular complexity index is 635. The summed E-state index contributed by atoms with van der Waals surface area (Å²) in [5, 5.41) is 0. The van der Waals surface area contributed by atoms with Crippen LogP contribution >= 0.6 is 0 Å². The lowest BCUT2D eigenvalue weighted by Crippen LogP contribution is -2.41. The van der Waals surface area contributed by atoms with E-state index in [4.69, 9.17) is 9.47 Å². The number of rotatable bonds is 5. The van der Waals surface area contributed by atoms with Gasteiger partial charge < -0.3 is 14.4 Å². The molecule has 25 heavy (non-hydrogen) atoms. The zero-order valence-electron chi connectivity index (χ0n) is 15.2. The van der Waals surface area contributed by atoms with Crippen molar-refractivity contribution in [3.8, 4) is 0 Å². The quantitative estimate of drug-likeness (QED) is 0.765. The van der Waals surface area contributed by atoms with Crippen molar-refractivity contribution in [3.05, 3.63) is 35.9 Å². The highest BCUT2D eigenvalue weighted by molar-refractivity contribution is 5.82. The maximum absolute atomic E-state index is 12.4. The van der Waals surface area contributed by atoms with E-state index in [0.29, 0.717) is 6.54 Å². The van der Waals surface area contributed by atoms with Crippen molar-refractivity contribution >= 4 is 17.8 Å². The Morgan fingerprint density at radius 3 is 2.40 bits per heavy atom. The maximum atomic E-state index is 12.4. The van der Waals surface area contributed by atoms with Crippen LogP contribution in [0.4, 0.5) is 0 Å². The Kier molecular flexibility index (Phi) is 5.82. The van der Waals surface area contributed by atoms with Crippen molar-refractivity contribution in [2.75, 3.05) is 0 Å². The van der Waals surface area contributed by atoms with Gasteiger partial charge in [-0.05, 0) is 26.3 Å². The van der Waals surface area contributed by atoms with E-state index in [1.54, 1.807) is 25.7 Å². The van der Waals surface area contributed by atoms with Gasteiger partial charge in [-0.2, -0.15) is 0 Å². The summed E-state index contributed by atoms with van der Waals surface area (Å²) < 4.78 is 10.7. The molecular formula is C19H25NO5. The van der Waals surface area contributed by atoms with E-state index in [-0.39, 0.29) is 18.7 Å². The molecule has 1 fully saturated rings. The Morgan fingerprint density at radius 2 is 1.84 bits per heavy atom. The van der Waals surface area contributed by atoms with Gasteiger partial charge >= 0.3 is 11.9 Å². The van der Waals surface area contributed by atoms with Crippen LogP contribution in [0.5, 0.6) is 0 Å². The second-order valence-electron chi connectivity index (χ2n) is 7.22. The van der Waals surface area contributed by atoms with Crippen LogP contribution < -0.4 is 0 Å². The van der Waals surface area contributed by atoms with Crippen LogP contribution in [0.2, 0.25) is 0 Å². The molecule has 0 N–H and O–H groups in total. The topological polar surface area (TPSA) is 72.9 Å². The molecule has 1 unspecified atom stereocenters. The minimum absolute atomic E-state index is 0.00616. The van der Waals surface area contributed by atoms with Gasteiger partial charge in [0, 0.05) is 13.5 Å². The van der Waals surface area contributed by atoms with Crippen molar-refractivity contribution in [2.24, 2.45) is 0 Å². The van der Waals surface area contributed by atoms with Crippen molar-refractivity contribution in [2.45, 2.75) is 64.8 Å². The Morgan fingerprint density at radius 1 is 1.20 bits per heavy atom. The fourth-order valence-corrected chi connectivity index (χ4v) is 2.93. The summed E-state index contributed by atoms with van der Waals surface area (Å²) in [5.41, 5.74) is 0.342. The highest BCUT2D eigenvalue weighted by Crippen LogP contribution is 2.28. The van der Waals surface area contributed by atoms with E-state index >= 15 is 0 Å². The summed E-state index contributed by atoms with van der Waals surface area (Å²) >= 11 is 0. The first-order valence-electron chi connectivity index (χ1n) is 8.38. The summed E-state index contributed by atoms with van der Waals surface area (Å²) in [5.74, 6) is -1.01. The zero-order valence-corrected chi connectivity index (χ0v) is 15.2. The summed E-state index contributed by atoms with van der Waals surface area (Å²) in [6.45, 7) is 7.03. The minimum atomic E-state index is -0.638. The first-order chi connectivity index (χ1) is 11.7. The van der Waals surface area contributed by atoms with Crippen molar-refractivity contribution in [1.82, 2.24) is 4.90 Å². The number of hydrogen-bond acceptors (Lipinski definition) is 5. The summed E-state index contributed by atoms with van der Waals surface area (Å²) in [7, 11) is 0. The molecule has 1 amide bonds. The third kappa shape index (κ3) is 5.59. The highest BCUT2D eigenvalue weighted by atomic mass is 16.6. The lowest BCUT2D eigenvalue weighted by atomic mass is 10.1. The molecule has 0 saturated carbocycles. The first kappa shape index (κ1) is 19.0. The van der Waals surface area contributed by atoms with E-state index < -0.39 is 29.7 Å². The number of likely N-dealkylation sites (tertiary alicyclic amines) is 1. The second-order valence-corrected chi connectivity index (χ2v) is 7.22. The molecule has 1 heterocycles. The fraction of sp³-hybridized carbons (Fsp3) is 0.526. The smallest absolute Gasteiger partial charge is 0.308 e. The number of esters is 2. The normalized spacial score (nSPS) is 20.5.